The number of ether oxygens (including phenoxy) is 1. The van der Waals surface area contributed by atoms with E-state index >= 15 is 0 Å². The van der Waals surface area contributed by atoms with Crippen LogP contribution in [0.2, 0.25) is 10.0 Å². The highest BCUT2D eigenvalue weighted by molar-refractivity contribution is 6.36. The molecule has 5 nitrogen and oxygen atoms in total. The van der Waals surface area contributed by atoms with Gasteiger partial charge in [-0.2, -0.15) is 0 Å². The Balaban J connectivity index is 2.01. The Labute approximate surface area is 149 Å². The second-order valence-corrected chi connectivity index (χ2v) is 6.07. The zero-order chi connectivity index (χ0) is 17.7. The maximum atomic E-state index is 12.1. The lowest BCUT2D eigenvalue weighted by Crippen LogP contribution is -2.41. The summed E-state index contributed by atoms with van der Waals surface area (Å²) in [6.45, 7) is 3.78. The first-order chi connectivity index (χ1) is 11.4. The van der Waals surface area contributed by atoms with Crippen LogP contribution < -0.4 is 15.6 Å². The van der Waals surface area contributed by atoms with Crippen molar-refractivity contribution in [2.75, 3.05) is 0 Å². The first-order valence-corrected chi connectivity index (χ1v) is 7.95. The summed E-state index contributed by atoms with van der Waals surface area (Å²) in [7, 11) is 0. The average molecular weight is 367 g/mol. The number of halogens is 2. The minimum atomic E-state index is -0.542. The number of benzene rings is 2. The first kappa shape index (κ1) is 18.1. The molecule has 24 heavy (non-hydrogen) atoms. The molecule has 0 bridgehead atoms. The highest BCUT2D eigenvalue weighted by atomic mass is 35.5. The fourth-order valence-electron chi connectivity index (χ4n) is 1.91. The molecule has 7 heteroatoms. The summed E-state index contributed by atoms with van der Waals surface area (Å²) < 4.78 is 5.53. The van der Waals surface area contributed by atoms with E-state index in [1.807, 2.05) is 13.8 Å². The van der Waals surface area contributed by atoms with Gasteiger partial charge in [0.25, 0.3) is 11.8 Å². The van der Waals surface area contributed by atoms with Crippen molar-refractivity contribution in [1.82, 2.24) is 10.9 Å². The van der Waals surface area contributed by atoms with Gasteiger partial charge in [0.05, 0.1) is 16.7 Å². The highest BCUT2D eigenvalue weighted by Crippen LogP contribution is 2.20. The maximum Gasteiger partial charge on any atom is 0.271 e. The predicted octanol–water partition coefficient (Wildman–Crippen LogP) is 3.86. The lowest BCUT2D eigenvalue weighted by molar-refractivity contribution is 0.0846. The van der Waals surface area contributed by atoms with Crippen molar-refractivity contribution in [3.63, 3.8) is 0 Å². The van der Waals surface area contributed by atoms with E-state index in [4.69, 9.17) is 27.9 Å². The molecule has 0 spiro atoms. The Morgan fingerprint density at radius 1 is 1.00 bits per heavy atom. The number of hydrogen-bond donors (Lipinski definition) is 2. The van der Waals surface area contributed by atoms with Crippen molar-refractivity contribution in [3.05, 3.63) is 63.6 Å². The second-order valence-electron chi connectivity index (χ2n) is 5.23. The zero-order valence-electron chi connectivity index (χ0n) is 13.1. The standard InChI is InChI=1S/C17H16Cl2N2O3/c1-10(2)24-13-5-3-4-11(8-13)16(22)20-21-17(23)14-7-6-12(18)9-15(14)19/h3-10H,1-2H3,(H,20,22)(H,21,23). The van der Waals surface area contributed by atoms with Gasteiger partial charge in [0.15, 0.2) is 0 Å². The van der Waals surface area contributed by atoms with Crippen molar-refractivity contribution >= 4 is 35.0 Å². The van der Waals surface area contributed by atoms with Gasteiger partial charge in [-0.05, 0) is 50.2 Å². The van der Waals surface area contributed by atoms with Gasteiger partial charge >= 0.3 is 0 Å². The molecule has 126 valence electrons. The SMILES string of the molecule is CC(C)Oc1cccc(C(=O)NNC(=O)c2ccc(Cl)cc2Cl)c1. The molecule has 0 aliphatic carbocycles. The van der Waals surface area contributed by atoms with E-state index in [1.165, 1.54) is 18.2 Å². The van der Waals surface area contributed by atoms with Crippen LogP contribution in [0.3, 0.4) is 0 Å². The molecule has 0 heterocycles. The zero-order valence-corrected chi connectivity index (χ0v) is 14.6. The van der Waals surface area contributed by atoms with Crippen LogP contribution in [0, 0.1) is 0 Å². The van der Waals surface area contributed by atoms with Crippen LogP contribution >= 0.6 is 23.2 Å². The number of rotatable bonds is 4. The fourth-order valence-corrected chi connectivity index (χ4v) is 2.40. The van der Waals surface area contributed by atoms with E-state index in [0.717, 1.165) is 0 Å². The third-order valence-corrected chi connectivity index (χ3v) is 3.48. The minimum Gasteiger partial charge on any atom is -0.491 e. The van der Waals surface area contributed by atoms with Crippen molar-refractivity contribution in [1.29, 1.82) is 0 Å². The van der Waals surface area contributed by atoms with Gasteiger partial charge in [0, 0.05) is 10.6 Å². The number of hydrazine groups is 1. The Morgan fingerprint density at radius 2 is 1.71 bits per heavy atom. The smallest absolute Gasteiger partial charge is 0.271 e. The molecule has 0 atom stereocenters. The minimum absolute atomic E-state index is 0.00457. The Bertz CT molecular complexity index is 763. The molecule has 2 aromatic carbocycles. The van der Waals surface area contributed by atoms with Crippen molar-refractivity contribution < 1.29 is 14.3 Å². The van der Waals surface area contributed by atoms with Gasteiger partial charge < -0.3 is 4.74 Å². The number of amides is 2. The summed E-state index contributed by atoms with van der Waals surface area (Å²) in [5.41, 5.74) is 5.21. The van der Waals surface area contributed by atoms with E-state index in [0.29, 0.717) is 16.3 Å². The molecule has 0 aliphatic rings. The van der Waals surface area contributed by atoms with E-state index in [-0.39, 0.29) is 16.7 Å². The first-order valence-electron chi connectivity index (χ1n) is 7.19. The van der Waals surface area contributed by atoms with E-state index < -0.39 is 11.8 Å². The van der Waals surface area contributed by atoms with Gasteiger partial charge in [0.1, 0.15) is 5.75 Å². The molecule has 0 fully saturated rings. The van der Waals surface area contributed by atoms with E-state index in [1.54, 1.807) is 24.3 Å². The lowest BCUT2D eigenvalue weighted by Gasteiger charge is -2.12. The summed E-state index contributed by atoms with van der Waals surface area (Å²) in [5, 5.41) is 0.615. The van der Waals surface area contributed by atoms with Gasteiger partial charge in [-0.3, -0.25) is 20.4 Å². The quantitative estimate of drug-likeness (QED) is 0.807. The predicted molar refractivity (Wildman–Crippen MR) is 93.6 cm³/mol. The average Bonchev–Trinajstić information content (AvgIpc) is 2.52. The topological polar surface area (TPSA) is 67.4 Å². The summed E-state index contributed by atoms with van der Waals surface area (Å²) in [6, 6.07) is 11.1. The number of carbonyl (C=O) groups excluding carboxylic acids is 2. The number of hydrogen-bond acceptors (Lipinski definition) is 3. The number of nitrogens with one attached hydrogen (secondary N) is 2. The molecule has 0 radical (unpaired) electrons. The van der Waals surface area contributed by atoms with Gasteiger partial charge in [-0.1, -0.05) is 29.3 Å². The highest BCUT2D eigenvalue weighted by Gasteiger charge is 2.13. The molecule has 0 aliphatic heterocycles. The molecule has 2 aromatic rings. The largest absolute Gasteiger partial charge is 0.491 e. The molecule has 0 aromatic heterocycles. The van der Waals surface area contributed by atoms with Gasteiger partial charge in [-0.25, -0.2) is 0 Å². The van der Waals surface area contributed by atoms with Crippen LogP contribution in [0.1, 0.15) is 34.6 Å². The lowest BCUT2D eigenvalue weighted by atomic mass is 10.2. The van der Waals surface area contributed by atoms with E-state index in [9.17, 15) is 9.59 Å². The summed E-state index contributed by atoms with van der Waals surface area (Å²) in [6.07, 6.45) is -0.00457. The molecule has 0 saturated carbocycles. The third-order valence-electron chi connectivity index (χ3n) is 2.93. The third kappa shape index (κ3) is 4.88. The van der Waals surface area contributed by atoms with Crippen LogP contribution in [0.4, 0.5) is 0 Å². The van der Waals surface area contributed by atoms with Crippen molar-refractivity contribution in [2.45, 2.75) is 20.0 Å². The van der Waals surface area contributed by atoms with Crippen LogP contribution in [0.15, 0.2) is 42.5 Å². The molecule has 2 amide bonds. The Morgan fingerprint density at radius 3 is 2.38 bits per heavy atom. The summed E-state index contributed by atoms with van der Waals surface area (Å²) in [5.74, 6) is -0.438. The fraction of sp³-hybridized carbons (Fsp3) is 0.176. The normalized spacial score (nSPS) is 10.4. The molecule has 0 unspecified atom stereocenters. The Kier molecular flexibility index (Phi) is 6.06. The summed E-state index contributed by atoms with van der Waals surface area (Å²) >= 11 is 11.7. The Hall–Kier alpha value is -2.24. The van der Waals surface area contributed by atoms with Gasteiger partial charge in [0.2, 0.25) is 0 Å². The number of carbonyl (C=O) groups is 2. The molecule has 2 N–H and O–H groups in total. The van der Waals surface area contributed by atoms with E-state index in [2.05, 4.69) is 10.9 Å². The molecule has 2 rings (SSSR count). The van der Waals surface area contributed by atoms with Crippen LogP contribution in [-0.4, -0.2) is 17.9 Å². The second kappa shape index (κ2) is 8.04. The molecule has 0 saturated heterocycles. The van der Waals surface area contributed by atoms with Crippen LogP contribution in [0.5, 0.6) is 5.75 Å². The van der Waals surface area contributed by atoms with Crippen molar-refractivity contribution in [2.24, 2.45) is 0 Å². The van der Waals surface area contributed by atoms with Gasteiger partial charge in [-0.15, -0.1) is 0 Å². The van der Waals surface area contributed by atoms with Crippen LogP contribution in [-0.2, 0) is 0 Å². The van der Waals surface area contributed by atoms with Crippen LogP contribution in [0.25, 0.3) is 0 Å². The summed E-state index contributed by atoms with van der Waals surface area (Å²) in [4.78, 5) is 24.2. The molecular formula is C17H16Cl2N2O3. The monoisotopic (exact) mass is 366 g/mol. The van der Waals surface area contributed by atoms with Crippen molar-refractivity contribution in [3.8, 4) is 5.75 Å². The molecular weight excluding hydrogens is 351 g/mol. The maximum absolute atomic E-state index is 12.1.